The lowest BCUT2D eigenvalue weighted by atomic mass is 9.53. The van der Waals surface area contributed by atoms with Gasteiger partial charge in [-0.25, -0.2) is 4.79 Å². The lowest BCUT2D eigenvalue weighted by Gasteiger charge is -2.56. The Balaban J connectivity index is 1.23. The van der Waals surface area contributed by atoms with Crippen LogP contribution in [-0.4, -0.2) is 43.2 Å². The third kappa shape index (κ3) is 3.52. The summed E-state index contributed by atoms with van der Waals surface area (Å²) >= 11 is 0. The van der Waals surface area contributed by atoms with E-state index in [-0.39, 0.29) is 11.6 Å². The van der Waals surface area contributed by atoms with Gasteiger partial charge in [0.1, 0.15) is 0 Å². The zero-order valence-electron chi connectivity index (χ0n) is 14.7. The summed E-state index contributed by atoms with van der Waals surface area (Å²) in [5, 5.41) is 6.56. The van der Waals surface area contributed by atoms with Gasteiger partial charge in [0.25, 0.3) is 0 Å². The normalized spacial score (nSPS) is 42.7. The number of likely N-dealkylation sites (tertiary alicyclic amines) is 1. The predicted octanol–water partition coefficient (Wildman–Crippen LogP) is 2.99. The minimum absolute atomic E-state index is 0.0936. The van der Waals surface area contributed by atoms with Crippen LogP contribution >= 0.6 is 0 Å². The summed E-state index contributed by atoms with van der Waals surface area (Å²) in [6.45, 7) is 3.26. The fraction of sp³-hybridized carbons (Fsp3) is 0.947. The molecule has 0 aromatic rings. The number of hydrogen-bond acceptors (Lipinski definition) is 2. The third-order valence-corrected chi connectivity index (χ3v) is 6.98. The first kappa shape index (κ1) is 15.7. The maximum Gasteiger partial charge on any atom is 0.315 e. The molecular formula is C19H33N3O. The second-order valence-corrected chi connectivity index (χ2v) is 9.14. The zero-order chi connectivity index (χ0) is 15.9. The van der Waals surface area contributed by atoms with Crippen LogP contribution in [0.4, 0.5) is 4.79 Å². The predicted molar refractivity (Wildman–Crippen MR) is 92.3 cm³/mol. The average Bonchev–Trinajstić information content (AvgIpc) is 2.45. The first-order valence-corrected chi connectivity index (χ1v) is 9.85. The van der Waals surface area contributed by atoms with E-state index in [4.69, 9.17) is 0 Å². The highest BCUT2D eigenvalue weighted by atomic mass is 16.2. The maximum atomic E-state index is 12.4. The Morgan fingerprint density at radius 1 is 1.13 bits per heavy atom. The molecular weight excluding hydrogens is 286 g/mol. The van der Waals surface area contributed by atoms with E-state index < -0.39 is 0 Å². The fourth-order valence-corrected chi connectivity index (χ4v) is 6.45. The SMILES string of the molecule is CN1CCCC(CCNC(=O)NC23CC4CC(CC(C4)C2)C3)C1. The van der Waals surface area contributed by atoms with Crippen molar-refractivity contribution in [2.24, 2.45) is 23.7 Å². The van der Waals surface area contributed by atoms with E-state index in [2.05, 4.69) is 22.6 Å². The van der Waals surface area contributed by atoms with E-state index in [1.165, 1.54) is 64.5 Å². The van der Waals surface area contributed by atoms with Crippen molar-refractivity contribution in [2.45, 2.75) is 63.3 Å². The molecule has 4 bridgehead atoms. The van der Waals surface area contributed by atoms with E-state index in [1.807, 2.05) is 0 Å². The van der Waals surface area contributed by atoms with Crippen molar-refractivity contribution >= 4 is 6.03 Å². The molecule has 4 saturated carbocycles. The number of nitrogens with one attached hydrogen (secondary N) is 2. The van der Waals surface area contributed by atoms with Crippen LogP contribution in [0, 0.1) is 23.7 Å². The molecule has 0 aromatic carbocycles. The molecule has 1 saturated heterocycles. The molecule has 5 aliphatic rings. The number of rotatable bonds is 4. The first-order valence-electron chi connectivity index (χ1n) is 9.85. The number of hydrogen-bond donors (Lipinski definition) is 2. The third-order valence-electron chi connectivity index (χ3n) is 6.98. The number of nitrogens with zero attached hydrogens (tertiary/aromatic N) is 1. The van der Waals surface area contributed by atoms with Crippen LogP contribution in [0.3, 0.4) is 0 Å². The van der Waals surface area contributed by atoms with E-state index in [9.17, 15) is 4.79 Å². The van der Waals surface area contributed by atoms with Gasteiger partial charge in [0.05, 0.1) is 0 Å². The maximum absolute atomic E-state index is 12.4. The van der Waals surface area contributed by atoms with Crippen molar-refractivity contribution in [3.05, 3.63) is 0 Å². The summed E-state index contributed by atoms with van der Waals surface area (Å²) in [5.41, 5.74) is 0.143. The summed E-state index contributed by atoms with van der Waals surface area (Å²) < 4.78 is 0. The van der Waals surface area contributed by atoms with Gasteiger partial charge in [0.2, 0.25) is 0 Å². The molecule has 5 fully saturated rings. The molecule has 2 N–H and O–H groups in total. The average molecular weight is 319 g/mol. The Labute approximate surface area is 140 Å². The largest absolute Gasteiger partial charge is 0.338 e. The van der Waals surface area contributed by atoms with Gasteiger partial charge in [-0.2, -0.15) is 0 Å². The second-order valence-electron chi connectivity index (χ2n) is 9.14. The summed E-state index contributed by atoms with van der Waals surface area (Å²) in [6.07, 6.45) is 11.7. The topological polar surface area (TPSA) is 44.4 Å². The number of amides is 2. The molecule has 0 radical (unpaired) electrons. The van der Waals surface area contributed by atoms with Crippen LogP contribution in [0.5, 0.6) is 0 Å². The lowest BCUT2D eigenvalue weighted by Crippen LogP contribution is -2.61. The van der Waals surface area contributed by atoms with E-state index in [0.29, 0.717) is 0 Å². The molecule has 1 heterocycles. The van der Waals surface area contributed by atoms with Gasteiger partial charge in [-0.3, -0.25) is 0 Å². The van der Waals surface area contributed by atoms with Gasteiger partial charge in [-0.1, -0.05) is 0 Å². The number of carbonyl (C=O) groups is 1. The fourth-order valence-electron chi connectivity index (χ4n) is 6.45. The molecule has 2 amide bonds. The van der Waals surface area contributed by atoms with Crippen LogP contribution in [0.15, 0.2) is 0 Å². The van der Waals surface area contributed by atoms with Crippen molar-refractivity contribution in [1.29, 1.82) is 0 Å². The minimum atomic E-state index is 0.0936. The number of urea groups is 1. The smallest absolute Gasteiger partial charge is 0.315 e. The Bertz CT molecular complexity index is 415. The minimum Gasteiger partial charge on any atom is -0.338 e. The van der Waals surface area contributed by atoms with Crippen LogP contribution in [-0.2, 0) is 0 Å². The summed E-state index contributed by atoms with van der Waals surface area (Å²) in [6, 6.07) is 0.0936. The number of piperidine rings is 1. The first-order chi connectivity index (χ1) is 11.1. The van der Waals surface area contributed by atoms with E-state index >= 15 is 0 Å². The van der Waals surface area contributed by atoms with Crippen molar-refractivity contribution in [2.75, 3.05) is 26.7 Å². The monoisotopic (exact) mass is 319 g/mol. The molecule has 1 aliphatic heterocycles. The summed E-state index contributed by atoms with van der Waals surface area (Å²) in [4.78, 5) is 14.8. The zero-order valence-corrected chi connectivity index (χ0v) is 14.7. The highest BCUT2D eigenvalue weighted by Crippen LogP contribution is 2.55. The van der Waals surface area contributed by atoms with Gasteiger partial charge >= 0.3 is 6.03 Å². The lowest BCUT2D eigenvalue weighted by molar-refractivity contribution is -0.0135. The Hall–Kier alpha value is -0.770. The molecule has 0 spiro atoms. The molecule has 1 atom stereocenters. The molecule has 4 aliphatic carbocycles. The highest BCUT2D eigenvalue weighted by Gasteiger charge is 2.51. The molecule has 4 nitrogen and oxygen atoms in total. The molecule has 1 unspecified atom stereocenters. The Kier molecular flexibility index (Phi) is 4.29. The van der Waals surface area contributed by atoms with Gasteiger partial charge in [0, 0.05) is 18.6 Å². The van der Waals surface area contributed by atoms with Crippen molar-refractivity contribution in [3.8, 4) is 0 Å². The quantitative estimate of drug-likeness (QED) is 0.837. The van der Waals surface area contributed by atoms with Crippen molar-refractivity contribution in [3.63, 3.8) is 0 Å². The van der Waals surface area contributed by atoms with Crippen molar-refractivity contribution < 1.29 is 4.79 Å². The van der Waals surface area contributed by atoms with Crippen LogP contribution < -0.4 is 10.6 Å². The Morgan fingerprint density at radius 3 is 2.39 bits per heavy atom. The molecule has 23 heavy (non-hydrogen) atoms. The summed E-state index contributed by atoms with van der Waals surface area (Å²) in [5.74, 6) is 3.42. The van der Waals surface area contributed by atoms with Crippen molar-refractivity contribution in [1.82, 2.24) is 15.5 Å². The van der Waals surface area contributed by atoms with Crippen LogP contribution in [0.25, 0.3) is 0 Å². The van der Waals surface area contributed by atoms with E-state index in [0.717, 1.165) is 36.6 Å². The molecule has 0 aromatic heterocycles. The highest BCUT2D eigenvalue weighted by molar-refractivity contribution is 5.74. The van der Waals surface area contributed by atoms with Gasteiger partial charge in [-0.15, -0.1) is 0 Å². The number of carbonyl (C=O) groups excluding carboxylic acids is 1. The van der Waals surface area contributed by atoms with Crippen LogP contribution in [0.1, 0.15) is 57.8 Å². The van der Waals surface area contributed by atoms with Gasteiger partial charge in [-0.05, 0) is 95.1 Å². The second kappa shape index (κ2) is 6.27. The Morgan fingerprint density at radius 2 is 1.78 bits per heavy atom. The molecule has 4 heteroatoms. The van der Waals surface area contributed by atoms with Gasteiger partial charge < -0.3 is 15.5 Å². The molecule has 5 rings (SSSR count). The summed E-state index contributed by atoms with van der Waals surface area (Å²) in [7, 11) is 2.21. The van der Waals surface area contributed by atoms with Gasteiger partial charge in [0.15, 0.2) is 0 Å². The molecule has 130 valence electrons. The van der Waals surface area contributed by atoms with Crippen LogP contribution in [0.2, 0.25) is 0 Å². The van der Waals surface area contributed by atoms with E-state index in [1.54, 1.807) is 0 Å². The standard InChI is InChI=1S/C19H33N3O/c1-22-6-2-3-14(13-22)4-5-20-18(23)21-19-10-15-7-16(11-19)9-17(8-15)12-19/h14-17H,2-13H2,1H3,(H2,20,21,23).